The number of hydrogen-bond donors (Lipinski definition) is 2. The summed E-state index contributed by atoms with van der Waals surface area (Å²) in [7, 11) is 2.00. The fourth-order valence-corrected chi connectivity index (χ4v) is 0. The van der Waals surface area contributed by atoms with Gasteiger partial charge in [0.1, 0.15) is 0 Å². The van der Waals surface area contributed by atoms with E-state index in [2.05, 4.69) is 0 Å². The van der Waals surface area contributed by atoms with Gasteiger partial charge in [-0.25, -0.2) is 0 Å². The fraction of sp³-hybridized carbons (Fsp3) is 1.00. The van der Waals surface area contributed by atoms with E-state index in [-0.39, 0.29) is 39.0 Å². The molecule has 2 N–H and O–H groups in total. The van der Waals surface area contributed by atoms with Crippen LogP contribution in [0, 0.1) is 0 Å². The summed E-state index contributed by atoms with van der Waals surface area (Å²) in [6.45, 7) is 0. The Labute approximate surface area is 63.5 Å². The summed E-state index contributed by atoms with van der Waals surface area (Å²) in [5.41, 5.74) is 0. The van der Waals surface area contributed by atoms with E-state index in [0.717, 1.165) is 14.2 Å². The Balaban J connectivity index is -0.00000000500. The molecule has 6 heavy (non-hydrogen) atoms. The molecule has 0 amide bonds. The van der Waals surface area contributed by atoms with Crippen molar-refractivity contribution < 1.29 is 49.2 Å². The molecule has 0 atom stereocenters. The van der Waals surface area contributed by atoms with Crippen LogP contribution in [0.5, 0.6) is 0 Å². The SMILES string of the molecule is CO.CO.[Zn].[Zn]. The third-order valence-electron chi connectivity index (χ3n) is 0. The Morgan fingerprint density at radius 2 is 0.667 bits per heavy atom. The second-order valence-corrected chi connectivity index (χ2v) is 0. The second-order valence-electron chi connectivity index (χ2n) is 0. The first kappa shape index (κ1) is 27.2. The zero-order valence-corrected chi connectivity index (χ0v) is 10.2. The molecule has 0 saturated heterocycles. The van der Waals surface area contributed by atoms with E-state index in [0.29, 0.717) is 0 Å². The molecule has 0 aromatic heterocycles. The van der Waals surface area contributed by atoms with Gasteiger partial charge in [-0.15, -0.1) is 0 Å². The first-order valence-electron chi connectivity index (χ1n) is 0.894. The van der Waals surface area contributed by atoms with Crippen molar-refractivity contribution in [1.82, 2.24) is 0 Å². The van der Waals surface area contributed by atoms with E-state index in [1.807, 2.05) is 0 Å². The molecule has 0 bridgehead atoms. The van der Waals surface area contributed by atoms with Crippen molar-refractivity contribution in [3.8, 4) is 0 Å². The van der Waals surface area contributed by atoms with Gasteiger partial charge in [0, 0.05) is 53.2 Å². The van der Waals surface area contributed by atoms with Crippen molar-refractivity contribution >= 4 is 0 Å². The molecule has 0 aromatic carbocycles. The smallest absolute Gasteiger partial charge is 0.0319 e. The summed E-state index contributed by atoms with van der Waals surface area (Å²) in [4.78, 5) is 0. The number of hydrogen-bond acceptors (Lipinski definition) is 2. The molecule has 0 aliphatic heterocycles. The van der Waals surface area contributed by atoms with E-state index >= 15 is 0 Å². The fourth-order valence-electron chi connectivity index (χ4n) is 0. The topological polar surface area (TPSA) is 40.5 Å². The standard InChI is InChI=1S/2CH4O.2Zn/c2*1-2;;/h2*2H,1H3;;. The van der Waals surface area contributed by atoms with Crippen LogP contribution in [0.3, 0.4) is 0 Å². The Hall–Kier alpha value is 1.17. The van der Waals surface area contributed by atoms with Gasteiger partial charge in [-0.3, -0.25) is 0 Å². The Bertz CT molecular complexity index is 9.51. The molecule has 0 rings (SSSR count). The van der Waals surface area contributed by atoms with Gasteiger partial charge in [-0.05, 0) is 0 Å². The van der Waals surface area contributed by atoms with Crippen LogP contribution in [-0.4, -0.2) is 24.4 Å². The molecule has 0 fully saturated rings. The van der Waals surface area contributed by atoms with Gasteiger partial charge in [0.25, 0.3) is 0 Å². The molecule has 0 saturated carbocycles. The summed E-state index contributed by atoms with van der Waals surface area (Å²) < 4.78 is 0. The van der Waals surface area contributed by atoms with Crippen LogP contribution >= 0.6 is 0 Å². The predicted octanol–water partition coefficient (Wildman–Crippen LogP) is -0.788. The van der Waals surface area contributed by atoms with Crippen molar-refractivity contribution in [1.29, 1.82) is 0 Å². The maximum atomic E-state index is 7.00. The number of aliphatic hydroxyl groups is 2. The molecular formula is C2H8O2Zn2. The quantitative estimate of drug-likeness (QED) is 0.497. The van der Waals surface area contributed by atoms with Crippen molar-refractivity contribution in [3.63, 3.8) is 0 Å². The average Bonchev–Trinajstić information content (AvgIpc) is 1.50. The minimum Gasteiger partial charge on any atom is -0.400 e. The van der Waals surface area contributed by atoms with Crippen molar-refractivity contribution in [2.45, 2.75) is 0 Å². The summed E-state index contributed by atoms with van der Waals surface area (Å²) >= 11 is 0. The van der Waals surface area contributed by atoms with E-state index < -0.39 is 0 Å². The molecule has 0 aromatic rings. The van der Waals surface area contributed by atoms with Crippen LogP contribution in [0.4, 0.5) is 0 Å². The van der Waals surface area contributed by atoms with Crippen LogP contribution in [0.15, 0.2) is 0 Å². The summed E-state index contributed by atoms with van der Waals surface area (Å²) in [6.07, 6.45) is 0. The maximum absolute atomic E-state index is 7.00. The molecular weight excluding hydrogens is 187 g/mol. The average molecular weight is 195 g/mol. The largest absolute Gasteiger partial charge is 0.400 e. The minimum absolute atomic E-state index is 0. The summed E-state index contributed by atoms with van der Waals surface area (Å²) in [5.74, 6) is 0. The van der Waals surface area contributed by atoms with E-state index in [9.17, 15) is 0 Å². The van der Waals surface area contributed by atoms with Gasteiger partial charge >= 0.3 is 0 Å². The second kappa shape index (κ2) is 121. The van der Waals surface area contributed by atoms with Crippen LogP contribution in [0.1, 0.15) is 0 Å². The van der Waals surface area contributed by atoms with Gasteiger partial charge in [0.15, 0.2) is 0 Å². The minimum atomic E-state index is 0. The molecule has 2 nitrogen and oxygen atoms in total. The van der Waals surface area contributed by atoms with Crippen molar-refractivity contribution in [2.75, 3.05) is 14.2 Å². The van der Waals surface area contributed by atoms with Gasteiger partial charge in [-0.2, -0.15) is 0 Å². The van der Waals surface area contributed by atoms with E-state index in [1.165, 1.54) is 0 Å². The van der Waals surface area contributed by atoms with E-state index in [1.54, 1.807) is 0 Å². The monoisotopic (exact) mass is 192 g/mol. The van der Waals surface area contributed by atoms with Gasteiger partial charge in [-0.1, -0.05) is 0 Å². The maximum Gasteiger partial charge on any atom is 0.0319 e. The van der Waals surface area contributed by atoms with Gasteiger partial charge in [0.2, 0.25) is 0 Å². The van der Waals surface area contributed by atoms with Crippen LogP contribution in [0.2, 0.25) is 0 Å². The molecule has 0 aliphatic carbocycles. The summed E-state index contributed by atoms with van der Waals surface area (Å²) in [5, 5.41) is 14.0. The molecule has 32 valence electrons. The third-order valence-corrected chi connectivity index (χ3v) is 0. The summed E-state index contributed by atoms with van der Waals surface area (Å²) in [6, 6.07) is 0. The van der Waals surface area contributed by atoms with Crippen LogP contribution < -0.4 is 0 Å². The molecule has 0 aliphatic rings. The van der Waals surface area contributed by atoms with E-state index in [4.69, 9.17) is 10.2 Å². The van der Waals surface area contributed by atoms with Crippen LogP contribution in [0.25, 0.3) is 0 Å². The van der Waals surface area contributed by atoms with Crippen LogP contribution in [-0.2, 0) is 39.0 Å². The normalized spacial score (nSPS) is 2.00. The third kappa shape index (κ3) is 65.9. The predicted molar refractivity (Wildman–Crippen MR) is 16.3 cm³/mol. The Kier molecular flexibility index (Phi) is 548. The first-order valence-corrected chi connectivity index (χ1v) is 0.894. The zero-order chi connectivity index (χ0) is 4.00. The Morgan fingerprint density at radius 3 is 0.667 bits per heavy atom. The molecule has 0 spiro atoms. The zero-order valence-electron chi connectivity index (χ0n) is 4.31. The molecule has 0 heterocycles. The number of rotatable bonds is 0. The Morgan fingerprint density at radius 1 is 0.667 bits per heavy atom. The molecule has 4 heteroatoms. The molecule has 0 unspecified atom stereocenters. The number of aliphatic hydroxyl groups excluding tert-OH is 2. The van der Waals surface area contributed by atoms with Gasteiger partial charge in [0.05, 0.1) is 0 Å². The molecule has 0 radical (unpaired) electrons. The van der Waals surface area contributed by atoms with Crippen molar-refractivity contribution in [2.24, 2.45) is 0 Å². The first-order chi connectivity index (χ1) is 2.00. The van der Waals surface area contributed by atoms with Crippen molar-refractivity contribution in [3.05, 3.63) is 0 Å². The van der Waals surface area contributed by atoms with Gasteiger partial charge < -0.3 is 10.2 Å².